The van der Waals surface area contributed by atoms with E-state index in [2.05, 4.69) is 5.10 Å². The van der Waals surface area contributed by atoms with Gasteiger partial charge in [-0.3, -0.25) is 14.6 Å². The zero-order valence-electron chi connectivity index (χ0n) is 9.14. The number of aryl methyl sites for hydroxylation is 2. The Morgan fingerprint density at radius 2 is 1.71 bits per heavy atom. The molecule has 0 aliphatic carbocycles. The Kier molecular flexibility index (Phi) is 3.25. The van der Waals surface area contributed by atoms with Gasteiger partial charge < -0.3 is 0 Å². The molecule has 0 amide bonds. The molecule has 0 saturated heterocycles. The lowest BCUT2D eigenvalue weighted by Crippen LogP contribution is -2.13. The Morgan fingerprint density at radius 1 is 1.12 bits per heavy atom. The number of hydrogen-bond acceptors (Lipinski definition) is 1. The predicted molar refractivity (Wildman–Crippen MR) is 71.2 cm³/mol. The van der Waals surface area contributed by atoms with Crippen molar-refractivity contribution in [2.75, 3.05) is 0 Å². The van der Waals surface area contributed by atoms with E-state index in [9.17, 15) is 4.79 Å². The van der Waals surface area contributed by atoms with E-state index in [1.165, 1.54) is 10.7 Å². The first kappa shape index (κ1) is 12.6. The summed E-state index contributed by atoms with van der Waals surface area (Å²) in [5.74, 6) is 0. The molecule has 1 aromatic carbocycles. The summed E-state index contributed by atoms with van der Waals surface area (Å²) in [4.78, 5) is 11.9. The Labute approximate surface area is 113 Å². The standard InChI is InChI=1S/C11H9Cl3N2O/c1-5-10(11(17)16(2)15-5)6-3-8(13)9(14)4-7(6)12/h3-4,15H,1-2H3. The molecule has 0 radical (unpaired) electrons. The lowest BCUT2D eigenvalue weighted by molar-refractivity contribution is 0.731. The minimum atomic E-state index is -0.150. The van der Waals surface area contributed by atoms with Gasteiger partial charge in [-0.2, -0.15) is 0 Å². The van der Waals surface area contributed by atoms with Crippen LogP contribution in [0.5, 0.6) is 0 Å². The second-order valence-electron chi connectivity index (χ2n) is 3.72. The smallest absolute Gasteiger partial charge is 0.274 e. The average Bonchev–Trinajstić information content (AvgIpc) is 2.48. The molecule has 0 spiro atoms. The maximum Gasteiger partial charge on any atom is 0.274 e. The van der Waals surface area contributed by atoms with Gasteiger partial charge in [0.1, 0.15) is 0 Å². The van der Waals surface area contributed by atoms with E-state index in [4.69, 9.17) is 34.8 Å². The van der Waals surface area contributed by atoms with Crippen LogP contribution in [0, 0.1) is 6.92 Å². The number of H-pyrrole nitrogens is 1. The summed E-state index contributed by atoms with van der Waals surface area (Å²) in [5, 5.41) is 4.04. The van der Waals surface area contributed by atoms with Gasteiger partial charge in [0.2, 0.25) is 0 Å². The van der Waals surface area contributed by atoms with Gasteiger partial charge in [0.05, 0.1) is 20.6 Å². The van der Waals surface area contributed by atoms with Crippen molar-refractivity contribution in [2.24, 2.45) is 7.05 Å². The Hall–Kier alpha value is -0.900. The maximum absolute atomic E-state index is 11.9. The van der Waals surface area contributed by atoms with Gasteiger partial charge in [0.25, 0.3) is 5.56 Å². The number of hydrogen-bond donors (Lipinski definition) is 1. The molecular formula is C11H9Cl3N2O. The molecule has 0 aliphatic rings. The molecule has 2 rings (SSSR count). The highest BCUT2D eigenvalue weighted by molar-refractivity contribution is 6.44. The third-order valence-electron chi connectivity index (χ3n) is 2.51. The molecule has 0 atom stereocenters. The van der Waals surface area contributed by atoms with Crippen LogP contribution in [0.4, 0.5) is 0 Å². The lowest BCUT2D eigenvalue weighted by Gasteiger charge is -2.04. The van der Waals surface area contributed by atoms with Gasteiger partial charge >= 0.3 is 0 Å². The van der Waals surface area contributed by atoms with Gasteiger partial charge in [-0.05, 0) is 19.1 Å². The quantitative estimate of drug-likeness (QED) is 0.800. The van der Waals surface area contributed by atoms with Crippen LogP contribution in [0.3, 0.4) is 0 Å². The number of benzene rings is 1. The van der Waals surface area contributed by atoms with Crippen molar-refractivity contribution < 1.29 is 0 Å². The zero-order chi connectivity index (χ0) is 12.7. The third-order valence-corrected chi connectivity index (χ3v) is 3.54. The van der Waals surface area contributed by atoms with Crippen LogP contribution >= 0.6 is 34.8 Å². The monoisotopic (exact) mass is 290 g/mol. The normalized spacial score (nSPS) is 10.9. The molecule has 0 aliphatic heterocycles. The number of nitrogens with one attached hydrogen (secondary N) is 1. The second kappa shape index (κ2) is 4.41. The van der Waals surface area contributed by atoms with E-state index in [0.717, 1.165) is 5.69 Å². The van der Waals surface area contributed by atoms with Gasteiger partial charge in [0, 0.05) is 18.3 Å². The van der Waals surface area contributed by atoms with E-state index in [-0.39, 0.29) is 5.56 Å². The molecule has 17 heavy (non-hydrogen) atoms. The van der Waals surface area contributed by atoms with Gasteiger partial charge in [-0.1, -0.05) is 34.8 Å². The van der Waals surface area contributed by atoms with Crippen LogP contribution in [0.15, 0.2) is 16.9 Å². The van der Waals surface area contributed by atoms with Crippen molar-refractivity contribution in [1.82, 2.24) is 9.78 Å². The van der Waals surface area contributed by atoms with Crippen molar-refractivity contribution in [3.63, 3.8) is 0 Å². The maximum atomic E-state index is 11.9. The molecule has 1 aromatic heterocycles. The summed E-state index contributed by atoms with van der Waals surface area (Å²) < 4.78 is 1.39. The SMILES string of the molecule is Cc1[nH]n(C)c(=O)c1-c1cc(Cl)c(Cl)cc1Cl. The zero-order valence-corrected chi connectivity index (χ0v) is 11.4. The highest BCUT2D eigenvalue weighted by Crippen LogP contribution is 2.34. The second-order valence-corrected chi connectivity index (χ2v) is 4.94. The first-order valence-corrected chi connectivity index (χ1v) is 5.95. The molecule has 3 nitrogen and oxygen atoms in total. The minimum Gasteiger partial charge on any atom is -0.300 e. The largest absolute Gasteiger partial charge is 0.300 e. The molecule has 1 heterocycles. The highest BCUT2D eigenvalue weighted by Gasteiger charge is 2.16. The number of nitrogens with zero attached hydrogens (tertiary/aromatic N) is 1. The van der Waals surface area contributed by atoms with E-state index in [0.29, 0.717) is 26.2 Å². The Morgan fingerprint density at radius 3 is 2.24 bits per heavy atom. The van der Waals surface area contributed by atoms with E-state index < -0.39 is 0 Å². The molecule has 6 heteroatoms. The summed E-state index contributed by atoms with van der Waals surface area (Å²) in [6, 6.07) is 3.14. The fourth-order valence-electron chi connectivity index (χ4n) is 1.72. The van der Waals surface area contributed by atoms with Crippen LogP contribution in [0.25, 0.3) is 11.1 Å². The molecule has 0 saturated carbocycles. The van der Waals surface area contributed by atoms with Crippen molar-refractivity contribution in [3.8, 4) is 11.1 Å². The van der Waals surface area contributed by atoms with E-state index >= 15 is 0 Å². The molecule has 0 fully saturated rings. The number of aromatic amines is 1. The van der Waals surface area contributed by atoms with Crippen molar-refractivity contribution in [1.29, 1.82) is 0 Å². The van der Waals surface area contributed by atoms with Gasteiger partial charge in [0.15, 0.2) is 0 Å². The van der Waals surface area contributed by atoms with Crippen LogP contribution in [0.1, 0.15) is 5.69 Å². The molecular weight excluding hydrogens is 282 g/mol. The molecule has 0 unspecified atom stereocenters. The summed E-state index contributed by atoms with van der Waals surface area (Å²) in [6.07, 6.45) is 0. The van der Waals surface area contributed by atoms with Crippen LogP contribution in [-0.2, 0) is 7.05 Å². The average molecular weight is 292 g/mol. The molecule has 1 N–H and O–H groups in total. The van der Waals surface area contributed by atoms with E-state index in [1.807, 2.05) is 0 Å². The van der Waals surface area contributed by atoms with Crippen LogP contribution < -0.4 is 5.56 Å². The topological polar surface area (TPSA) is 37.8 Å². The first-order valence-electron chi connectivity index (χ1n) is 4.82. The highest BCUT2D eigenvalue weighted by atomic mass is 35.5. The summed E-state index contributed by atoms with van der Waals surface area (Å²) >= 11 is 17.9. The van der Waals surface area contributed by atoms with Crippen molar-refractivity contribution in [3.05, 3.63) is 43.2 Å². The van der Waals surface area contributed by atoms with Crippen molar-refractivity contribution in [2.45, 2.75) is 6.92 Å². The van der Waals surface area contributed by atoms with Crippen LogP contribution in [0.2, 0.25) is 15.1 Å². The fraction of sp³-hybridized carbons (Fsp3) is 0.182. The summed E-state index contributed by atoms with van der Waals surface area (Å²) in [6.45, 7) is 1.80. The third kappa shape index (κ3) is 2.10. The Balaban J connectivity index is 2.77. The Bertz CT molecular complexity index is 643. The van der Waals surface area contributed by atoms with Gasteiger partial charge in [-0.25, -0.2) is 0 Å². The number of aromatic nitrogens is 2. The number of rotatable bonds is 1. The molecule has 90 valence electrons. The van der Waals surface area contributed by atoms with E-state index in [1.54, 1.807) is 20.0 Å². The molecule has 2 aromatic rings. The van der Waals surface area contributed by atoms with Gasteiger partial charge in [-0.15, -0.1) is 0 Å². The van der Waals surface area contributed by atoms with Crippen LogP contribution in [-0.4, -0.2) is 9.78 Å². The predicted octanol–water partition coefficient (Wildman–Crippen LogP) is 3.65. The minimum absolute atomic E-state index is 0.150. The lowest BCUT2D eigenvalue weighted by atomic mass is 10.1. The summed E-state index contributed by atoms with van der Waals surface area (Å²) in [5.41, 5.74) is 1.68. The first-order chi connectivity index (χ1) is 7.91. The number of halogens is 3. The van der Waals surface area contributed by atoms with Crippen molar-refractivity contribution >= 4 is 34.8 Å². The summed E-state index contributed by atoms with van der Waals surface area (Å²) in [7, 11) is 1.64. The fourth-order valence-corrected chi connectivity index (χ4v) is 2.36. The molecule has 0 bridgehead atoms.